The summed E-state index contributed by atoms with van der Waals surface area (Å²) < 4.78 is 18.5. The van der Waals surface area contributed by atoms with Gasteiger partial charge < -0.3 is 29.5 Å². The first-order chi connectivity index (χ1) is 18.1. The van der Waals surface area contributed by atoms with Crippen molar-refractivity contribution in [1.82, 2.24) is 0 Å². The molecule has 5 atom stereocenters. The van der Waals surface area contributed by atoms with E-state index in [0.29, 0.717) is 6.61 Å². The van der Waals surface area contributed by atoms with Crippen molar-refractivity contribution in [2.75, 3.05) is 13.2 Å². The highest BCUT2D eigenvalue weighted by molar-refractivity contribution is 5.47. The van der Waals surface area contributed by atoms with Crippen molar-refractivity contribution in [1.29, 1.82) is 0 Å². The molecule has 1 fully saturated rings. The van der Waals surface area contributed by atoms with Gasteiger partial charge in [-0.25, -0.2) is 0 Å². The van der Waals surface area contributed by atoms with Gasteiger partial charge in [0.15, 0.2) is 6.29 Å². The SMILES string of the molecule is CCCCCCO[C@@H]1O[C@H](COC(c2ccccc2)(c2ccccc2)c2ccccc2)[C@@H](O)[C@H](O)[C@H]1O. The largest absolute Gasteiger partial charge is 0.387 e. The summed E-state index contributed by atoms with van der Waals surface area (Å²) in [5, 5.41) is 31.9. The Hall–Kier alpha value is -2.58. The first-order valence-electron chi connectivity index (χ1n) is 13.2. The first kappa shape index (κ1) is 27.5. The number of hydrogen-bond donors (Lipinski definition) is 3. The molecule has 0 aromatic heterocycles. The highest BCUT2D eigenvalue weighted by Gasteiger charge is 2.46. The fourth-order valence-corrected chi connectivity index (χ4v) is 4.90. The maximum Gasteiger partial charge on any atom is 0.186 e. The van der Waals surface area contributed by atoms with Gasteiger partial charge in [0.1, 0.15) is 30.0 Å². The summed E-state index contributed by atoms with van der Waals surface area (Å²) in [4.78, 5) is 0. The molecular formula is C31H38O6. The monoisotopic (exact) mass is 506 g/mol. The molecule has 0 aliphatic carbocycles. The van der Waals surface area contributed by atoms with Gasteiger partial charge in [0.25, 0.3) is 0 Å². The molecule has 0 saturated carbocycles. The van der Waals surface area contributed by atoms with Gasteiger partial charge in [-0.2, -0.15) is 0 Å². The normalized spacial score (nSPS) is 24.2. The zero-order chi connectivity index (χ0) is 26.1. The quantitative estimate of drug-likeness (QED) is 0.249. The maximum absolute atomic E-state index is 10.8. The van der Waals surface area contributed by atoms with E-state index in [2.05, 4.69) is 6.92 Å². The minimum atomic E-state index is -1.41. The Morgan fingerprint density at radius 3 is 1.68 bits per heavy atom. The molecule has 0 amide bonds. The van der Waals surface area contributed by atoms with Gasteiger partial charge in [0.05, 0.1) is 6.61 Å². The van der Waals surface area contributed by atoms with Crippen LogP contribution >= 0.6 is 0 Å². The molecule has 1 saturated heterocycles. The molecule has 0 spiro atoms. The minimum Gasteiger partial charge on any atom is -0.387 e. The molecule has 1 heterocycles. The number of rotatable bonds is 12. The van der Waals surface area contributed by atoms with Gasteiger partial charge in [-0.05, 0) is 23.1 Å². The van der Waals surface area contributed by atoms with Crippen molar-refractivity contribution < 1.29 is 29.5 Å². The van der Waals surface area contributed by atoms with Crippen LogP contribution in [0.25, 0.3) is 0 Å². The summed E-state index contributed by atoms with van der Waals surface area (Å²) in [6.07, 6.45) is -1.99. The summed E-state index contributed by atoms with van der Waals surface area (Å²) in [7, 11) is 0. The molecule has 0 radical (unpaired) electrons. The van der Waals surface area contributed by atoms with Crippen LogP contribution in [0.2, 0.25) is 0 Å². The lowest BCUT2D eigenvalue weighted by Gasteiger charge is -2.42. The second-order valence-corrected chi connectivity index (χ2v) is 9.54. The van der Waals surface area contributed by atoms with Gasteiger partial charge in [-0.1, -0.05) is 117 Å². The average Bonchev–Trinajstić information content (AvgIpc) is 2.95. The number of hydrogen-bond acceptors (Lipinski definition) is 6. The summed E-state index contributed by atoms with van der Waals surface area (Å²) in [6, 6.07) is 29.7. The van der Waals surface area contributed by atoms with E-state index in [0.717, 1.165) is 42.4 Å². The third kappa shape index (κ3) is 6.29. The summed E-state index contributed by atoms with van der Waals surface area (Å²) in [5.74, 6) is 0. The van der Waals surface area contributed by atoms with Gasteiger partial charge in [0.2, 0.25) is 0 Å². The second-order valence-electron chi connectivity index (χ2n) is 9.54. The highest BCUT2D eigenvalue weighted by atomic mass is 16.7. The number of ether oxygens (including phenoxy) is 3. The molecule has 198 valence electrons. The van der Waals surface area contributed by atoms with Crippen LogP contribution in [0.5, 0.6) is 0 Å². The van der Waals surface area contributed by atoms with Crippen LogP contribution in [0.4, 0.5) is 0 Å². The van der Waals surface area contributed by atoms with Gasteiger partial charge in [-0.15, -0.1) is 0 Å². The Morgan fingerprint density at radius 2 is 1.19 bits per heavy atom. The van der Waals surface area contributed by atoms with Crippen LogP contribution in [0.3, 0.4) is 0 Å². The third-order valence-corrected chi connectivity index (χ3v) is 6.95. The smallest absolute Gasteiger partial charge is 0.186 e. The first-order valence-corrected chi connectivity index (χ1v) is 13.2. The fourth-order valence-electron chi connectivity index (χ4n) is 4.90. The van der Waals surface area contributed by atoms with E-state index < -0.39 is 36.3 Å². The molecule has 6 nitrogen and oxygen atoms in total. The Morgan fingerprint density at radius 1 is 0.676 bits per heavy atom. The standard InChI is InChI=1S/C31H38O6/c1-2-3-4-14-21-35-30-29(34)28(33)27(32)26(37-30)22-36-31(23-15-8-5-9-16-23,24-17-10-6-11-18-24)25-19-12-7-13-20-25/h5-13,15-20,26-30,32-34H,2-4,14,21-22H2,1H3/t26-,27-,28+,29-,30-/m1/s1. The van der Waals surface area contributed by atoms with Gasteiger partial charge >= 0.3 is 0 Å². The van der Waals surface area contributed by atoms with Crippen molar-refractivity contribution >= 4 is 0 Å². The van der Waals surface area contributed by atoms with E-state index in [4.69, 9.17) is 14.2 Å². The molecule has 6 heteroatoms. The summed E-state index contributed by atoms with van der Waals surface area (Å²) in [5.41, 5.74) is 1.76. The topological polar surface area (TPSA) is 88.4 Å². The molecule has 1 aliphatic rings. The molecule has 3 N–H and O–H groups in total. The van der Waals surface area contributed by atoms with Crippen LogP contribution in [0, 0.1) is 0 Å². The Bertz CT molecular complexity index is 948. The number of aliphatic hydroxyl groups excluding tert-OH is 3. The van der Waals surface area contributed by atoms with Crippen molar-refractivity contribution in [3.63, 3.8) is 0 Å². The Kier molecular flexibility index (Phi) is 9.86. The van der Waals surface area contributed by atoms with Gasteiger partial charge in [-0.3, -0.25) is 0 Å². The highest BCUT2D eigenvalue weighted by Crippen LogP contribution is 2.41. The van der Waals surface area contributed by atoms with Crippen LogP contribution in [0.15, 0.2) is 91.0 Å². The lowest BCUT2D eigenvalue weighted by atomic mass is 9.80. The van der Waals surface area contributed by atoms with E-state index >= 15 is 0 Å². The van der Waals surface area contributed by atoms with E-state index in [-0.39, 0.29) is 6.61 Å². The summed E-state index contributed by atoms with van der Waals surface area (Å²) in [6.45, 7) is 2.50. The lowest BCUT2D eigenvalue weighted by Crippen LogP contribution is -2.59. The zero-order valence-electron chi connectivity index (χ0n) is 21.4. The van der Waals surface area contributed by atoms with Crippen LogP contribution in [-0.4, -0.2) is 59.2 Å². The average molecular weight is 507 g/mol. The predicted octanol–water partition coefficient (Wildman–Crippen LogP) is 4.40. The number of aliphatic hydroxyl groups is 3. The second kappa shape index (κ2) is 13.3. The van der Waals surface area contributed by atoms with E-state index in [1.165, 1.54) is 0 Å². The van der Waals surface area contributed by atoms with Crippen molar-refractivity contribution in [2.45, 2.75) is 68.9 Å². The molecule has 1 aliphatic heterocycles. The van der Waals surface area contributed by atoms with Crippen LogP contribution in [0.1, 0.15) is 49.3 Å². The Labute approximate surface area is 219 Å². The molecule has 37 heavy (non-hydrogen) atoms. The maximum atomic E-state index is 10.8. The van der Waals surface area contributed by atoms with Gasteiger partial charge in [0, 0.05) is 6.61 Å². The molecule has 4 rings (SSSR count). The van der Waals surface area contributed by atoms with E-state index in [1.54, 1.807) is 0 Å². The fraction of sp³-hybridized carbons (Fsp3) is 0.419. The zero-order valence-corrected chi connectivity index (χ0v) is 21.4. The predicted molar refractivity (Wildman–Crippen MR) is 142 cm³/mol. The Balaban J connectivity index is 1.62. The van der Waals surface area contributed by atoms with Crippen LogP contribution < -0.4 is 0 Å². The van der Waals surface area contributed by atoms with E-state index in [9.17, 15) is 15.3 Å². The van der Waals surface area contributed by atoms with E-state index in [1.807, 2.05) is 91.0 Å². The van der Waals surface area contributed by atoms with Crippen molar-refractivity contribution in [3.8, 4) is 0 Å². The number of unbranched alkanes of at least 4 members (excludes halogenated alkanes) is 3. The van der Waals surface area contributed by atoms with Crippen molar-refractivity contribution in [2.24, 2.45) is 0 Å². The summed E-state index contributed by atoms with van der Waals surface area (Å²) >= 11 is 0. The molecule has 3 aromatic rings. The molecule has 3 aromatic carbocycles. The molecule has 0 unspecified atom stereocenters. The minimum absolute atomic E-state index is 0.0423. The van der Waals surface area contributed by atoms with Crippen LogP contribution in [-0.2, 0) is 19.8 Å². The number of benzene rings is 3. The molecule has 0 bridgehead atoms. The van der Waals surface area contributed by atoms with Crippen molar-refractivity contribution in [3.05, 3.63) is 108 Å². The third-order valence-electron chi connectivity index (χ3n) is 6.95. The lowest BCUT2D eigenvalue weighted by molar-refractivity contribution is -0.305. The molecular weight excluding hydrogens is 468 g/mol.